The molecule has 0 heterocycles. The standard InChI is InChI=1S/C14H21F2N3.HI/c1-10(2)9-19-14(17)18-5-3-4-11-6-12(15)8-13(16)7-11;/h6-8,10H,3-5,9H2,1-2H3,(H3,17,18,19);1H. The zero-order chi connectivity index (χ0) is 14.3. The van der Waals surface area contributed by atoms with Crippen LogP contribution in [0.2, 0.25) is 0 Å². The number of nitrogens with two attached hydrogens (primary N) is 1. The highest BCUT2D eigenvalue weighted by Gasteiger charge is 2.01. The van der Waals surface area contributed by atoms with Crippen LogP contribution in [0.3, 0.4) is 0 Å². The topological polar surface area (TPSA) is 50.4 Å². The van der Waals surface area contributed by atoms with Gasteiger partial charge < -0.3 is 11.1 Å². The van der Waals surface area contributed by atoms with Crippen LogP contribution in [0, 0.1) is 17.6 Å². The van der Waals surface area contributed by atoms with Gasteiger partial charge in [-0.25, -0.2) is 8.78 Å². The summed E-state index contributed by atoms with van der Waals surface area (Å²) in [5.74, 6) is -0.198. The van der Waals surface area contributed by atoms with Crippen LogP contribution in [-0.2, 0) is 6.42 Å². The van der Waals surface area contributed by atoms with E-state index in [1.165, 1.54) is 12.1 Å². The molecule has 0 aliphatic heterocycles. The number of aliphatic imine (C=N–C) groups is 1. The van der Waals surface area contributed by atoms with E-state index in [0.29, 0.717) is 37.0 Å². The number of nitrogens with one attached hydrogen (secondary N) is 1. The second kappa shape index (κ2) is 9.90. The van der Waals surface area contributed by atoms with Gasteiger partial charge in [-0.15, -0.1) is 24.0 Å². The molecule has 3 nitrogen and oxygen atoms in total. The van der Waals surface area contributed by atoms with Crippen LogP contribution in [0.1, 0.15) is 25.8 Å². The van der Waals surface area contributed by atoms with Crippen molar-refractivity contribution in [1.82, 2.24) is 5.32 Å². The zero-order valence-corrected chi connectivity index (χ0v) is 14.2. The molecule has 0 saturated heterocycles. The van der Waals surface area contributed by atoms with E-state index in [-0.39, 0.29) is 24.0 Å². The highest BCUT2D eigenvalue weighted by Crippen LogP contribution is 2.09. The fourth-order valence-electron chi connectivity index (χ4n) is 1.60. The third-order valence-electron chi connectivity index (χ3n) is 2.50. The number of aryl methyl sites for hydroxylation is 1. The molecular formula is C14H22F2IN3. The molecule has 0 atom stereocenters. The van der Waals surface area contributed by atoms with Crippen LogP contribution >= 0.6 is 24.0 Å². The van der Waals surface area contributed by atoms with Gasteiger partial charge in [-0.2, -0.15) is 0 Å². The molecule has 6 heteroatoms. The summed E-state index contributed by atoms with van der Waals surface area (Å²) < 4.78 is 25.9. The molecule has 20 heavy (non-hydrogen) atoms. The minimum atomic E-state index is -0.541. The van der Waals surface area contributed by atoms with Crippen molar-refractivity contribution in [2.45, 2.75) is 26.7 Å². The van der Waals surface area contributed by atoms with Crippen molar-refractivity contribution in [3.8, 4) is 0 Å². The predicted molar refractivity (Wildman–Crippen MR) is 89.4 cm³/mol. The SMILES string of the molecule is CC(C)CN=C(N)NCCCc1cc(F)cc(F)c1.I. The molecule has 1 rings (SSSR count). The second-order valence-corrected chi connectivity index (χ2v) is 4.93. The lowest BCUT2D eigenvalue weighted by Crippen LogP contribution is -2.33. The minimum Gasteiger partial charge on any atom is -0.370 e. The number of rotatable bonds is 6. The molecule has 114 valence electrons. The van der Waals surface area contributed by atoms with Crippen molar-refractivity contribution < 1.29 is 8.78 Å². The summed E-state index contributed by atoms with van der Waals surface area (Å²) in [5.41, 5.74) is 6.32. The molecule has 0 aromatic heterocycles. The van der Waals surface area contributed by atoms with Gasteiger partial charge in [0.25, 0.3) is 0 Å². The van der Waals surface area contributed by atoms with Gasteiger partial charge >= 0.3 is 0 Å². The van der Waals surface area contributed by atoms with Gasteiger partial charge in [0, 0.05) is 19.2 Å². The molecule has 0 fully saturated rings. The highest BCUT2D eigenvalue weighted by molar-refractivity contribution is 14.0. The van der Waals surface area contributed by atoms with Crippen molar-refractivity contribution in [3.63, 3.8) is 0 Å². The number of hydrogen-bond acceptors (Lipinski definition) is 1. The average Bonchev–Trinajstić information content (AvgIpc) is 2.31. The summed E-state index contributed by atoms with van der Waals surface area (Å²) in [6, 6.07) is 3.57. The van der Waals surface area contributed by atoms with Gasteiger partial charge in [0.1, 0.15) is 11.6 Å². The lowest BCUT2D eigenvalue weighted by atomic mass is 10.1. The molecule has 0 radical (unpaired) electrons. The number of guanidine groups is 1. The lowest BCUT2D eigenvalue weighted by molar-refractivity contribution is 0.578. The van der Waals surface area contributed by atoms with Crippen molar-refractivity contribution in [3.05, 3.63) is 35.4 Å². The van der Waals surface area contributed by atoms with Crippen molar-refractivity contribution >= 4 is 29.9 Å². The monoisotopic (exact) mass is 397 g/mol. The zero-order valence-electron chi connectivity index (χ0n) is 11.8. The van der Waals surface area contributed by atoms with E-state index in [1.54, 1.807) is 0 Å². The quantitative estimate of drug-likeness (QED) is 0.336. The molecule has 0 aliphatic rings. The Morgan fingerprint density at radius 1 is 1.25 bits per heavy atom. The van der Waals surface area contributed by atoms with Crippen LogP contribution in [0.4, 0.5) is 8.78 Å². The molecule has 0 spiro atoms. The maximum absolute atomic E-state index is 12.9. The number of hydrogen-bond donors (Lipinski definition) is 2. The van der Waals surface area contributed by atoms with Crippen molar-refractivity contribution in [2.24, 2.45) is 16.6 Å². The molecule has 3 N–H and O–H groups in total. The van der Waals surface area contributed by atoms with E-state index in [0.717, 1.165) is 12.5 Å². The maximum atomic E-state index is 12.9. The largest absolute Gasteiger partial charge is 0.370 e. The van der Waals surface area contributed by atoms with Crippen LogP contribution in [0.25, 0.3) is 0 Å². The molecule has 0 saturated carbocycles. The third kappa shape index (κ3) is 8.29. The Hall–Kier alpha value is -0.920. The van der Waals surface area contributed by atoms with E-state index in [9.17, 15) is 8.78 Å². The Labute approximate surface area is 136 Å². The smallest absolute Gasteiger partial charge is 0.188 e. The lowest BCUT2D eigenvalue weighted by Gasteiger charge is -2.07. The van der Waals surface area contributed by atoms with Crippen molar-refractivity contribution in [2.75, 3.05) is 13.1 Å². The summed E-state index contributed by atoms with van der Waals surface area (Å²) >= 11 is 0. The molecule has 1 aromatic rings. The normalized spacial score (nSPS) is 11.3. The first-order valence-electron chi connectivity index (χ1n) is 6.46. The summed E-state index contributed by atoms with van der Waals surface area (Å²) in [6.07, 6.45) is 1.33. The molecule has 0 bridgehead atoms. The second-order valence-electron chi connectivity index (χ2n) is 4.93. The fraction of sp³-hybridized carbons (Fsp3) is 0.500. The number of nitrogens with zero attached hydrogens (tertiary/aromatic N) is 1. The number of halogens is 3. The van der Waals surface area contributed by atoms with E-state index in [2.05, 4.69) is 24.2 Å². The Morgan fingerprint density at radius 3 is 2.40 bits per heavy atom. The van der Waals surface area contributed by atoms with Gasteiger partial charge in [0.05, 0.1) is 0 Å². The average molecular weight is 397 g/mol. The summed E-state index contributed by atoms with van der Waals surface area (Å²) in [7, 11) is 0. The van der Waals surface area contributed by atoms with Gasteiger partial charge in [-0.05, 0) is 36.5 Å². The van der Waals surface area contributed by atoms with E-state index in [1.807, 2.05) is 0 Å². The van der Waals surface area contributed by atoms with E-state index in [4.69, 9.17) is 5.73 Å². The molecule has 0 amide bonds. The minimum absolute atomic E-state index is 0. The van der Waals surface area contributed by atoms with Crippen LogP contribution in [0.5, 0.6) is 0 Å². The summed E-state index contributed by atoms with van der Waals surface area (Å²) in [4.78, 5) is 4.16. The Bertz CT molecular complexity index is 416. The maximum Gasteiger partial charge on any atom is 0.188 e. The Kier molecular flexibility index (Phi) is 9.45. The van der Waals surface area contributed by atoms with Gasteiger partial charge in [0.15, 0.2) is 5.96 Å². The highest BCUT2D eigenvalue weighted by atomic mass is 127. The van der Waals surface area contributed by atoms with Gasteiger partial charge in [-0.3, -0.25) is 4.99 Å². The van der Waals surface area contributed by atoms with Crippen LogP contribution in [0.15, 0.2) is 23.2 Å². The first kappa shape index (κ1) is 19.1. The molecule has 0 aliphatic carbocycles. The van der Waals surface area contributed by atoms with Crippen molar-refractivity contribution in [1.29, 1.82) is 0 Å². The van der Waals surface area contributed by atoms with E-state index < -0.39 is 11.6 Å². The number of benzene rings is 1. The Balaban J connectivity index is 0.00000361. The first-order chi connectivity index (χ1) is 8.97. The summed E-state index contributed by atoms with van der Waals surface area (Å²) in [6.45, 7) is 5.45. The first-order valence-corrected chi connectivity index (χ1v) is 6.46. The fourth-order valence-corrected chi connectivity index (χ4v) is 1.60. The van der Waals surface area contributed by atoms with Gasteiger partial charge in [0.2, 0.25) is 0 Å². The molecule has 1 aromatic carbocycles. The predicted octanol–water partition coefficient (Wildman–Crippen LogP) is 3.08. The van der Waals surface area contributed by atoms with Crippen LogP contribution < -0.4 is 11.1 Å². The third-order valence-corrected chi connectivity index (χ3v) is 2.50. The molecule has 0 unspecified atom stereocenters. The molecular weight excluding hydrogens is 375 g/mol. The summed E-state index contributed by atoms with van der Waals surface area (Å²) in [5, 5.41) is 2.98. The van der Waals surface area contributed by atoms with Crippen LogP contribution in [-0.4, -0.2) is 19.0 Å². The van der Waals surface area contributed by atoms with Gasteiger partial charge in [-0.1, -0.05) is 13.8 Å². The Morgan fingerprint density at radius 2 is 1.85 bits per heavy atom. The van der Waals surface area contributed by atoms with E-state index >= 15 is 0 Å².